The number of hydrogen-bond donors (Lipinski definition) is 1. The molecule has 3 heteroatoms. The largest absolute Gasteiger partial charge is 0.371 e. The number of rotatable bonds is 3. The Morgan fingerprint density at radius 3 is 2.47 bits per heavy atom. The molecule has 1 aromatic carbocycles. The molecule has 0 atom stereocenters. The number of para-hydroxylation sites is 2. The van der Waals surface area contributed by atoms with Gasteiger partial charge in [-0.05, 0) is 33.0 Å². The first kappa shape index (κ1) is 12.2. The van der Waals surface area contributed by atoms with Crippen LogP contribution < -0.4 is 15.1 Å². The lowest BCUT2D eigenvalue weighted by Gasteiger charge is -2.41. The Balaban J connectivity index is 2.24. The van der Waals surface area contributed by atoms with Gasteiger partial charge in [0.2, 0.25) is 0 Å². The van der Waals surface area contributed by atoms with E-state index in [-0.39, 0.29) is 5.54 Å². The van der Waals surface area contributed by atoms with E-state index < -0.39 is 0 Å². The zero-order chi connectivity index (χ0) is 12.5. The average molecular weight is 233 g/mol. The van der Waals surface area contributed by atoms with Crippen LogP contribution in [0.4, 0.5) is 11.4 Å². The predicted molar refractivity (Wildman–Crippen MR) is 75.1 cm³/mol. The summed E-state index contributed by atoms with van der Waals surface area (Å²) in [4.78, 5) is 4.81. The van der Waals surface area contributed by atoms with Crippen molar-refractivity contribution in [3.8, 4) is 0 Å². The van der Waals surface area contributed by atoms with E-state index >= 15 is 0 Å². The van der Waals surface area contributed by atoms with Crippen LogP contribution in [-0.4, -0.2) is 39.3 Å². The molecule has 0 spiro atoms. The summed E-state index contributed by atoms with van der Waals surface area (Å²) in [7, 11) is 4.20. The molecule has 0 unspecified atom stereocenters. The third-order valence-corrected chi connectivity index (χ3v) is 3.60. The van der Waals surface area contributed by atoms with Gasteiger partial charge in [0.25, 0.3) is 0 Å². The smallest absolute Gasteiger partial charge is 0.0605 e. The summed E-state index contributed by atoms with van der Waals surface area (Å²) in [6, 6.07) is 8.66. The molecule has 1 N–H and O–H groups in total. The van der Waals surface area contributed by atoms with Crippen LogP contribution in [-0.2, 0) is 0 Å². The first-order valence-corrected chi connectivity index (χ1v) is 6.27. The van der Waals surface area contributed by atoms with Crippen LogP contribution in [0.1, 0.15) is 13.8 Å². The molecule has 94 valence electrons. The molecule has 0 saturated heterocycles. The number of hydrogen-bond acceptors (Lipinski definition) is 3. The molecule has 3 nitrogen and oxygen atoms in total. The minimum Gasteiger partial charge on any atom is -0.371 e. The van der Waals surface area contributed by atoms with E-state index in [0.29, 0.717) is 0 Å². The second-order valence-corrected chi connectivity index (χ2v) is 5.47. The third-order valence-electron chi connectivity index (χ3n) is 3.60. The summed E-state index contributed by atoms with van der Waals surface area (Å²) in [5.74, 6) is 0. The van der Waals surface area contributed by atoms with Crippen molar-refractivity contribution in [3.05, 3.63) is 24.3 Å². The van der Waals surface area contributed by atoms with Crippen molar-refractivity contribution in [1.29, 1.82) is 0 Å². The molecule has 0 amide bonds. The van der Waals surface area contributed by atoms with E-state index in [1.807, 2.05) is 7.05 Å². The molecule has 1 heterocycles. The summed E-state index contributed by atoms with van der Waals surface area (Å²) < 4.78 is 0. The quantitative estimate of drug-likeness (QED) is 0.861. The van der Waals surface area contributed by atoms with Crippen LogP contribution in [0.3, 0.4) is 0 Å². The van der Waals surface area contributed by atoms with Crippen LogP contribution in [0, 0.1) is 0 Å². The Bertz CT molecular complexity index is 387. The van der Waals surface area contributed by atoms with Crippen LogP contribution >= 0.6 is 0 Å². The SMILES string of the molecule is CNC(C)(C)CN1CCN(C)c2ccccc21. The fraction of sp³-hybridized carbons (Fsp3) is 0.571. The zero-order valence-corrected chi connectivity index (χ0v) is 11.3. The second-order valence-electron chi connectivity index (χ2n) is 5.47. The van der Waals surface area contributed by atoms with E-state index in [4.69, 9.17) is 0 Å². The van der Waals surface area contributed by atoms with Gasteiger partial charge in [0, 0.05) is 32.2 Å². The summed E-state index contributed by atoms with van der Waals surface area (Å²) in [5.41, 5.74) is 2.83. The number of benzene rings is 1. The van der Waals surface area contributed by atoms with Gasteiger partial charge in [0.1, 0.15) is 0 Å². The second kappa shape index (κ2) is 4.57. The maximum Gasteiger partial charge on any atom is 0.0605 e. The van der Waals surface area contributed by atoms with Crippen LogP contribution in [0.15, 0.2) is 24.3 Å². The third kappa shape index (κ3) is 2.55. The van der Waals surface area contributed by atoms with E-state index in [9.17, 15) is 0 Å². The summed E-state index contributed by atoms with van der Waals surface area (Å²) in [6.45, 7) is 7.71. The molecule has 0 radical (unpaired) electrons. The Morgan fingerprint density at radius 1 is 1.18 bits per heavy atom. The Morgan fingerprint density at radius 2 is 1.82 bits per heavy atom. The molecule has 1 aromatic rings. The maximum absolute atomic E-state index is 3.38. The number of likely N-dealkylation sites (N-methyl/N-ethyl adjacent to an activating group) is 2. The highest BCUT2D eigenvalue weighted by molar-refractivity contribution is 5.73. The van der Waals surface area contributed by atoms with Crippen molar-refractivity contribution in [3.63, 3.8) is 0 Å². The van der Waals surface area contributed by atoms with Crippen molar-refractivity contribution in [2.24, 2.45) is 0 Å². The van der Waals surface area contributed by atoms with Crippen LogP contribution in [0.25, 0.3) is 0 Å². The van der Waals surface area contributed by atoms with Gasteiger partial charge in [-0.25, -0.2) is 0 Å². The monoisotopic (exact) mass is 233 g/mol. The summed E-state index contributed by atoms with van der Waals surface area (Å²) in [6.07, 6.45) is 0. The minimum atomic E-state index is 0.142. The van der Waals surface area contributed by atoms with Crippen LogP contribution in [0.2, 0.25) is 0 Å². The normalized spacial score (nSPS) is 16.0. The molecule has 1 aliphatic heterocycles. The first-order valence-electron chi connectivity index (χ1n) is 6.27. The highest BCUT2D eigenvalue weighted by Gasteiger charge is 2.25. The summed E-state index contributed by atoms with van der Waals surface area (Å²) in [5, 5.41) is 3.38. The molecule has 0 aliphatic carbocycles. The molecule has 0 aromatic heterocycles. The zero-order valence-electron chi connectivity index (χ0n) is 11.3. The Kier molecular flexibility index (Phi) is 3.29. The molecular formula is C14H23N3. The van der Waals surface area contributed by atoms with Crippen molar-refractivity contribution in [2.75, 3.05) is 43.5 Å². The Hall–Kier alpha value is -1.22. The number of fused-ring (bicyclic) bond motifs is 1. The highest BCUT2D eigenvalue weighted by Crippen LogP contribution is 2.32. The van der Waals surface area contributed by atoms with Crippen LogP contribution in [0.5, 0.6) is 0 Å². The van der Waals surface area contributed by atoms with Crippen molar-refractivity contribution < 1.29 is 0 Å². The van der Waals surface area contributed by atoms with Gasteiger partial charge in [-0.15, -0.1) is 0 Å². The van der Waals surface area contributed by atoms with E-state index in [2.05, 4.69) is 60.3 Å². The Labute approximate surface area is 104 Å². The topological polar surface area (TPSA) is 18.5 Å². The van der Waals surface area contributed by atoms with Gasteiger partial charge in [-0.2, -0.15) is 0 Å². The highest BCUT2D eigenvalue weighted by atomic mass is 15.3. The fourth-order valence-electron chi connectivity index (χ4n) is 2.29. The number of nitrogens with one attached hydrogen (secondary N) is 1. The van der Waals surface area contributed by atoms with E-state index in [1.54, 1.807) is 0 Å². The lowest BCUT2D eigenvalue weighted by molar-refractivity contribution is 0.419. The van der Waals surface area contributed by atoms with Gasteiger partial charge in [-0.1, -0.05) is 12.1 Å². The predicted octanol–water partition coefficient (Wildman–Crippen LogP) is 1.94. The van der Waals surface area contributed by atoms with Gasteiger partial charge in [0.05, 0.1) is 11.4 Å². The standard InChI is InChI=1S/C14H23N3/c1-14(2,15-3)11-17-10-9-16(4)12-7-5-6-8-13(12)17/h5-8,15H,9-11H2,1-4H3. The van der Waals surface area contributed by atoms with E-state index in [1.165, 1.54) is 11.4 Å². The van der Waals surface area contributed by atoms with Gasteiger partial charge in [-0.3, -0.25) is 0 Å². The molecule has 17 heavy (non-hydrogen) atoms. The van der Waals surface area contributed by atoms with Crippen molar-refractivity contribution in [1.82, 2.24) is 5.32 Å². The van der Waals surface area contributed by atoms with Gasteiger partial charge in [0.15, 0.2) is 0 Å². The molecule has 0 fully saturated rings. The number of nitrogens with zero attached hydrogens (tertiary/aromatic N) is 2. The summed E-state index contributed by atoms with van der Waals surface area (Å²) >= 11 is 0. The minimum absolute atomic E-state index is 0.142. The van der Waals surface area contributed by atoms with Gasteiger partial charge >= 0.3 is 0 Å². The average Bonchev–Trinajstić information content (AvgIpc) is 2.33. The fourth-order valence-corrected chi connectivity index (χ4v) is 2.29. The van der Waals surface area contributed by atoms with Gasteiger partial charge < -0.3 is 15.1 Å². The lowest BCUT2D eigenvalue weighted by Crippen LogP contribution is -2.51. The first-order chi connectivity index (χ1) is 8.03. The van der Waals surface area contributed by atoms with E-state index in [0.717, 1.165) is 19.6 Å². The number of anilines is 2. The lowest BCUT2D eigenvalue weighted by atomic mass is 10.0. The van der Waals surface area contributed by atoms with Crippen molar-refractivity contribution >= 4 is 11.4 Å². The molecule has 0 saturated carbocycles. The molecule has 1 aliphatic rings. The molecule has 0 bridgehead atoms. The van der Waals surface area contributed by atoms with Crippen molar-refractivity contribution in [2.45, 2.75) is 19.4 Å². The molecule has 2 rings (SSSR count). The molecular weight excluding hydrogens is 210 g/mol. The maximum atomic E-state index is 3.38.